The summed E-state index contributed by atoms with van der Waals surface area (Å²) in [5.41, 5.74) is 0. The maximum atomic E-state index is 11.5. The number of aliphatic hydroxyl groups excluding tert-OH is 1. The molecule has 5 heteroatoms. The molecular weight excluding hydrogens is 263 g/mol. The van der Waals surface area contributed by atoms with Crippen molar-refractivity contribution in [3.8, 4) is 0 Å². The first-order valence-electron chi connectivity index (χ1n) is 7.73. The SMILES string of the molecule is O=P(O)(O)C(O)C(C1CCCCC1)C1CCCCC1. The Morgan fingerprint density at radius 3 is 1.47 bits per heavy atom. The van der Waals surface area contributed by atoms with E-state index in [1.807, 2.05) is 0 Å². The van der Waals surface area contributed by atoms with Crippen LogP contribution in [0.5, 0.6) is 0 Å². The topological polar surface area (TPSA) is 77.8 Å². The molecule has 0 aromatic carbocycles. The van der Waals surface area contributed by atoms with Crippen molar-refractivity contribution in [3.63, 3.8) is 0 Å². The minimum Gasteiger partial charge on any atom is -0.380 e. The summed E-state index contributed by atoms with van der Waals surface area (Å²) in [4.78, 5) is 18.8. The van der Waals surface area contributed by atoms with Crippen LogP contribution in [0.1, 0.15) is 64.2 Å². The summed E-state index contributed by atoms with van der Waals surface area (Å²) in [6, 6.07) is 0. The standard InChI is InChI=1S/C14H27O4P/c15-14(19(16,17)18)13(11-7-3-1-4-8-11)12-9-5-2-6-10-12/h11-15H,1-10H2,(H2,16,17,18). The van der Waals surface area contributed by atoms with Crippen molar-refractivity contribution in [2.45, 2.75) is 70.1 Å². The Morgan fingerprint density at radius 2 is 1.16 bits per heavy atom. The lowest BCUT2D eigenvalue weighted by Gasteiger charge is -2.40. The Bertz CT molecular complexity index is 297. The fourth-order valence-corrected chi connectivity index (χ4v) is 5.07. The second-order valence-electron chi connectivity index (χ2n) is 6.38. The van der Waals surface area contributed by atoms with Crippen LogP contribution in [0.2, 0.25) is 0 Å². The van der Waals surface area contributed by atoms with E-state index < -0.39 is 13.4 Å². The van der Waals surface area contributed by atoms with Crippen LogP contribution in [0.4, 0.5) is 0 Å². The third-order valence-corrected chi connectivity index (χ3v) is 6.11. The van der Waals surface area contributed by atoms with Crippen molar-refractivity contribution in [2.75, 3.05) is 0 Å². The van der Waals surface area contributed by atoms with E-state index >= 15 is 0 Å². The predicted molar refractivity (Wildman–Crippen MR) is 74.7 cm³/mol. The van der Waals surface area contributed by atoms with Gasteiger partial charge in [-0.2, -0.15) is 0 Å². The van der Waals surface area contributed by atoms with E-state index in [0.29, 0.717) is 11.8 Å². The first-order valence-corrected chi connectivity index (χ1v) is 9.41. The number of aliphatic hydroxyl groups is 1. The van der Waals surface area contributed by atoms with Gasteiger partial charge in [0.1, 0.15) is 0 Å². The molecule has 2 fully saturated rings. The van der Waals surface area contributed by atoms with Gasteiger partial charge in [-0.25, -0.2) is 0 Å². The van der Waals surface area contributed by atoms with Gasteiger partial charge in [0.15, 0.2) is 5.85 Å². The average Bonchev–Trinajstić information content (AvgIpc) is 2.40. The van der Waals surface area contributed by atoms with Gasteiger partial charge < -0.3 is 14.9 Å². The normalized spacial score (nSPS) is 25.7. The summed E-state index contributed by atoms with van der Waals surface area (Å²) in [5.74, 6) is -1.03. The smallest absolute Gasteiger partial charge is 0.354 e. The molecule has 1 atom stereocenters. The zero-order valence-corrected chi connectivity index (χ0v) is 12.5. The second-order valence-corrected chi connectivity index (χ2v) is 8.08. The van der Waals surface area contributed by atoms with Crippen molar-refractivity contribution in [2.24, 2.45) is 17.8 Å². The molecule has 0 bridgehead atoms. The zero-order chi connectivity index (χ0) is 13.9. The lowest BCUT2D eigenvalue weighted by atomic mass is 9.70. The van der Waals surface area contributed by atoms with Gasteiger partial charge in [0.05, 0.1) is 0 Å². The first-order chi connectivity index (χ1) is 9.00. The molecule has 0 aliphatic heterocycles. The average molecular weight is 290 g/mol. The van der Waals surface area contributed by atoms with E-state index in [4.69, 9.17) is 0 Å². The van der Waals surface area contributed by atoms with Gasteiger partial charge in [0.2, 0.25) is 0 Å². The molecule has 0 aromatic rings. The van der Waals surface area contributed by atoms with Crippen LogP contribution in [0.25, 0.3) is 0 Å². The summed E-state index contributed by atoms with van der Waals surface area (Å²) < 4.78 is 11.5. The van der Waals surface area contributed by atoms with Gasteiger partial charge in [0.25, 0.3) is 0 Å². The number of rotatable bonds is 4. The van der Waals surface area contributed by atoms with Crippen molar-refractivity contribution in [1.82, 2.24) is 0 Å². The highest BCUT2D eigenvalue weighted by Crippen LogP contribution is 2.52. The third kappa shape index (κ3) is 4.04. The Hall–Kier alpha value is 0.110. The van der Waals surface area contributed by atoms with E-state index in [9.17, 15) is 19.5 Å². The zero-order valence-electron chi connectivity index (χ0n) is 11.6. The van der Waals surface area contributed by atoms with Gasteiger partial charge >= 0.3 is 7.60 Å². The monoisotopic (exact) mass is 290 g/mol. The highest BCUT2D eigenvalue weighted by molar-refractivity contribution is 7.52. The molecule has 0 heterocycles. The molecule has 19 heavy (non-hydrogen) atoms. The molecule has 2 saturated carbocycles. The lowest BCUT2D eigenvalue weighted by Crippen LogP contribution is -2.36. The molecule has 2 aliphatic carbocycles. The van der Waals surface area contributed by atoms with E-state index in [0.717, 1.165) is 51.4 Å². The Kier molecular flexibility index (Phi) is 5.47. The molecule has 0 saturated heterocycles. The number of hydrogen-bond acceptors (Lipinski definition) is 2. The highest BCUT2D eigenvalue weighted by Gasteiger charge is 2.43. The van der Waals surface area contributed by atoms with Crippen LogP contribution < -0.4 is 0 Å². The van der Waals surface area contributed by atoms with Gasteiger partial charge in [-0.1, -0.05) is 64.2 Å². The van der Waals surface area contributed by atoms with Gasteiger partial charge in [0, 0.05) is 5.92 Å². The van der Waals surface area contributed by atoms with Crippen LogP contribution in [0.15, 0.2) is 0 Å². The molecule has 2 aliphatic rings. The quantitative estimate of drug-likeness (QED) is 0.694. The molecule has 0 spiro atoms. The van der Waals surface area contributed by atoms with Crippen molar-refractivity contribution in [1.29, 1.82) is 0 Å². The van der Waals surface area contributed by atoms with E-state index in [-0.39, 0.29) is 5.92 Å². The molecule has 3 N–H and O–H groups in total. The minimum absolute atomic E-state index is 0.193. The Morgan fingerprint density at radius 1 is 0.789 bits per heavy atom. The van der Waals surface area contributed by atoms with Gasteiger partial charge in [-0.3, -0.25) is 4.57 Å². The summed E-state index contributed by atoms with van der Waals surface area (Å²) in [5, 5.41) is 10.2. The Labute approximate surface area is 115 Å². The molecule has 0 radical (unpaired) electrons. The molecular formula is C14H27O4P. The van der Waals surface area contributed by atoms with Crippen molar-refractivity contribution >= 4 is 7.60 Å². The van der Waals surface area contributed by atoms with Crippen LogP contribution >= 0.6 is 7.60 Å². The predicted octanol–water partition coefficient (Wildman–Crippen LogP) is 3.26. The van der Waals surface area contributed by atoms with Gasteiger partial charge in [-0.05, 0) is 11.8 Å². The Balaban J connectivity index is 2.13. The first kappa shape index (κ1) is 15.5. The van der Waals surface area contributed by atoms with E-state index in [1.165, 1.54) is 12.8 Å². The number of hydrogen-bond donors (Lipinski definition) is 3. The molecule has 2 rings (SSSR count). The van der Waals surface area contributed by atoms with Gasteiger partial charge in [-0.15, -0.1) is 0 Å². The highest BCUT2D eigenvalue weighted by atomic mass is 31.2. The molecule has 1 unspecified atom stereocenters. The summed E-state index contributed by atoms with van der Waals surface area (Å²) in [6.07, 6.45) is 11.1. The van der Waals surface area contributed by atoms with Crippen LogP contribution in [0.3, 0.4) is 0 Å². The fourth-order valence-electron chi connectivity index (χ4n) is 4.13. The van der Waals surface area contributed by atoms with Crippen molar-refractivity contribution < 1.29 is 19.5 Å². The summed E-state index contributed by atoms with van der Waals surface area (Å²) >= 11 is 0. The fraction of sp³-hybridized carbons (Fsp3) is 1.00. The maximum Gasteiger partial charge on any atom is 0.354 e. The van der Waals surface area contributed by atoms with Crippen LogP contribution in [0, 0.1) is 17.8 Å². The van der Waals surface area contributed by atoms with Crippen LogP contribution in [-0.4, -0.2) is 20.7 Å². The summed E-state index contributed by atoms with van der Waals surface area (Å²) in [7, 11) is -4.39. The largest absolute Gasteiger partial charge is 0.380 e. The lowest BCUT2D eigenvalue weighted by molar-refractivity contribution is 0.0395. The molecule has 0 amide bonds. The van der Waals surface area contributed by atoms with E-state index in [2.05, 4.69) is 0 Å². The minimum atomic E-state index is -4.39. The molecule has 112 valence electrons. The van der Waals surface area contributed by atoms with E-state index in [1.54, 1.807) is 0 Å². The van der Waals surface area contributed by atoms with Crippen LogP contribution in [-0.2, 0) is 4.57 Å². The molecule has 4 nitrogen and oxygen atoms in total. The summed E-state index contributed by atoms with van der Waals surface area (Å²) in [6.45, 7) is 0. The maximum absolute atomic E-state index is 11.5. The second kappa shape index (κ2) is 6.71. The third-order valence-electron chi connectivity index (χ3n) is 5.08. The molecule has 0 aromatic heterocycles. The van der Waals surface area contributed by atoms with Crippen molar-refractivity contribution in [3.05, 3.63) is 0 Å².